The number of ether oxygens (including phenoxy) is 2. The van der Waals surface area contributed by atoms with Crippen LogP contribution in [0.15, 0.2) is 35.5 Å². The van der Waals surface area contributed by atoms with Crippen LogP contribution in [-0.2, 0) is 19.1 Å². The van der Waals surface area contributed by atoms with Gasteiger partial charge in [-0.05, 0) is 12.8 Å². The Labute approximate surface area is 106 Å². The predicted molar refractivity (Wildman–Crippen MR) is 65.6 cm³/mol. The zero-order valence-corrected chi connectivity index (χ0v) is 10.5. The Kier molecular flexibility index (Phi) is 3.65. The molecular weight excluding hydrogens is 232 g/mol. The summed E-state index contributed by atoms with van der Waals surface area (Å²) in [5, 5.41) is 0. The van der Waals surface area contributed by atoms with Gasteiger partial charge in [0.15, 0.2) is 0 Å². The predicted octanol–water partition coefficient (Wildman–Crippen LogP) is 1.78. The van der Waals surface area contributed by atoms with Crippen LogP contribution in [0.3, 0.4) is 0 Å². The zero-order chi connectivity index (χ0) is 13.1. The van der Waals surface area contributed by atoms with Crippen molar-refractivity contribution in [2.45, 2.75) is 12.8 Å². The van der Waals surface area contributed by atoms with Gasteiger partial charge in [0, 0.05) is 11.8 Å². The van der Waals surface area contributed by atoms with Crippen LogP contribution in [0.2, 0.25) is 0 Å². The minimum atomic E-state index is -0.440. The van der Waals surface area contributed by atoms with Gasteiger partial charge in [-0.3, -0.25) is 0 Å². The average molecular weight is 248 g/mol. The number of carbonyl (C=O) groups is 2. The molecular formula is C14H16O4. The summed E-state index contributed by atoms with van der Waals surface area (Å²) >= 11 is 0. The molecule has 0 amide bonds. The van der Waals surface area contributed by atoms with Gasteiger partial charge < -0.3 is 9.47 Å². The maximum Gasteiger partial charge on any atom is 0.334 e. The van der Waals surface area contributed by atoms with E-state index in [4.69, 9.17) is 9.47 Å². The smallest absolute Gasteiger partial charge is 0.334 e. The quantitative estimate of drug-likeness (QED) is 0.699. The highest BCUT2D eigenvalue weighted by Crippen LogP contribution is 2.38. The molecule has 0 aromatic heterocycles. The number of esters is 2. The van der Waals surface area contributed by atoms with E-state index < -0.39 is 11.9 Å². The van der Waals surface area contributed by atoms with Crippen molar-refractivity contribution >= 4 is 11.9 Å². The van der Waals surface area contributed by atoms with Crippen molar-refractivity contribution in [3.8, 4) is 0 Å². The van der Waals surface area contributed by atoms with E-state index in [1.807, 2.05) is 24.3 Å². The lowest BCUT2D eigenvalue weighted by molar-refractivity contribution is -0.140. The molecule has 3 aliphatic carbocycles. The number of carbonyl (C=O) groups excluding carboxylic acids is 2. The largest absolute Gasteiger partial charge is 0.466 e. The van der Waals surface area contributed by atoms with E-state index in [1.165, 1.54) is 14.2 Å². The minimum absolute atomic E-state index is 0.0623. The second-order valence-corrected chi connectivity index (χ2v) is 4.37. The molecule has 0 spiro atoms. The Morgan fingerprint density at radius 1 is 0.944 bits per heavy atom. The van der Waals surface area contributed by atoms with Crippen LogP contribution in [-0.4, -0.2) is 26.2 Å². The van der Waals surface area contributed by atoms with Gasteiger partial charge in [-0.1, -0.05) is 24.3 Å². The number of hydrogen-bond donors (Lipinski definition) is 0. The van der Waals surface area contributed by atoms with Gasteiger partial charge in [0.25, 0.3) is 0 Å². The Hall–Kier alpha value is -1.84. The summed E-state index contributed by atoms with van der Waals surface area (Å²) in [6.07, 6.45) is 9.37. The minimum Gasteiger partial charge on any atom is -0.466 e. The molecule has 0 aromatic carbocycles. The van der Waals surface area contributed by atoms with Gasteiger partial charge in [-0.2, -0.15) is 0 Å². The third-order valence-electron chi connectivity index (χ3n) is 3.43. The summed E-state index contributed by atoms with van der Waals surface area (Å²) in [6.45, 7) is 0. The molecule has 0 unspecified atom stereocenters. The molecule has 18 heavy (non-hydrogen) atoms. The highest BCUT2D eigenvalue weighted by Gasteiger charge is 2.36. The van der Waals surface area contributed by atoms with Gasteiger partial charge in [0.1, 0.15) is 0 Å². The molecule has 3 aliphatic rings. The molecule has 0 saturated carbocycles. The number of allylic oxidation sites excluding steroid dienone is 4. The van der Waals surface area contributed by atoms with Crippen LogP contribution < -0.4 is 0 Å². The molecule has 2 atom stereocenters. The number of methoxy groups -OCH3 is 2. The van der Waals surface area contributed by atoms with Crippen molar-refractivity contribution in [1.82, 2.24) is 0 Å². The van der Waals surface area contributed by atoms with E-state index in [0.717, 1.165) is 12.8 Å². The number of rotatable bonds is 2. The Morgan fingerprint density at radius 3 is 1.67 bits per heavy atom. The highest BCUT2D eigenvalue weighted by atomic mass is 16.5. The van der Waals surface area contributed by atoms with Crippen molar-refractivity contribution in [2.75, 3.05) is 14.2 Å². The zero-order valence-electron chi connectivity index (χ0n) is 10.5. The molecule has 0 saturated heterocycles. The topological polar surface area (TPSA) is 52.6 Å². The molecule has 3 rings (SSSR count). The Morgan fingerprint density at radius 2 is 1.33 bits per heavy atom. The standard InChI is InChI=1S/C14H16O4/c1-17-13(15)11-9-5-3-4-6-10(8-7-9)12(11)14(16)18-2/h3-6,9-10H,7-8H2,1-2H3/b5-3-,6-4-/t9-,10+. The van der Waals surface area contributed by atoms with Gasteiger partial charge in [-0.15, -0.1) is 0 Å². The van der Waals surface area contributed by atoms with Crippen molar-refractivity contribution in [1.29, 1.82) is 0 Å². The molecule has 0 aromatic rings. The summed E-state index contributed by atoms with van der Waals surface area (Å²) in [6, 6.07) is 0. The van der Waals surface area contributed by atoms with E-state index in [2.05, 4.69) is 0 Å². The van der Waals surface area contributed by atoms with E-state index >= 15 is 0 Å². The van der Waals surface area contributed by atoms with Gasteiger partial charge >= 0.3 is 11.9 Å². The van der Waals surface area contributed by atoms with Gasteiger partial charge in [0.05, 0.1) is 25.4 Å². The van der Waals surface area contributed by atoms with Crippen LogP contribution in [0.4, 0.5) is 0 Å². The fourth-order valence-corrected chi connectivity index (χ4v) is 2.57. The Bertz CT molecular complexity index is 414. The monoisotopic (exact) mass is 248 g/mol. The van der Waals surface area contributed by atoms with Crippen LogP contribution >= 0.6 is 0 Å². The van der Waals surface area contributed by atoms with Crippen LogP contribution in [0.5, 0.6) is 0 Å². The maximum absolute atomic E-state index is 11.9. The van der Waals surface area contributed by atoms with Crippen LogP contribution in [0.1, 0.15) is 12.8 Å². The molecule has 96 valence electrons. The van der Waals surface area contributed by atoms with E-state index in [0.29, 0.717) is 11.1 Å². The van der Waals surface area contributed by atoms with Crippen molar-refractivity contribution in [2.24, 2.45) is 11.8 Å². The van der Waals surface area contributed by atoms with Gasteiger partial charge in [0.2, 0.25) is 0 Å². The Balaban J connectivity index is 2.57. The van der Waals surface area contributed by atoms with E-state index in [9.17, 15) is 9.59 Å². The molecule has 0 N–H and O–H groups in total. The lowest BCUT2D eigenvalue weighted by Gasteiger charge is -2.29. The second kappa shape index (κ2) is 5.21. The highest BCUT2D eigenvalue weighted by molar-refractivity contribution is 6.02. The summed E-state index contributed by atoms with van der Waals surface area (Å²) in [5.74, 6) is -1.00. The SMILES string of the molecule is COC(=O)C1=C(C(=O)OC)[C@H]2/C=C\C=C/[C@@H]1CC2. The van der Waals surface area contributed by atoms with Crippen LogP contribution in [0, 0.1) is 11.8 Å². The van der Waals surface area contributed by atoms with E-state index in [1.54, 1.807) is 0 Å². The third-order valence-corrected chi connectivity index (χ3v) is 3.43. The first-order chi connectivity index (χ1) is 8.69. The average Bonchev–Trinajstić information content (AvgIpc) is 2.36. The number of fused-ring (bicyclic) bond motifs is 2. The summed E-state index contributed by atoms with van der Waals surface area (Å²) in [7, 11) is 2.66. The second-order valence-electron chi connectivity index (χ2n) is 4.37. The first kappa shape index (κ1) is 12.6. The number of hydrogen-bond acceptors (Lipinski definition) is 4. The van der Waals surface area contributed by atoms with Crippen molar-refractivity contribution < 1.29 is 19.1 Å². The lowest BCUT2D eigenvalue weighted by atomic mass is 9.75. The van der Waals surface area contributed by atoms with Crippen LogP contribution in [0.25, 0.3) is 0 Å². The lowest BCUT2D eigenvalue weighted by Crippen LogP contribution is -2.29. The van der Waals surface area contributed by atoms with E-state index in [-0.39, 0.29) is 11.8 Å². The van der Waals surface area contributed by atoms with Gasteiger partial charge in [-0.25, -0.2) is 9.59 Å². The normalized spacial score (nSPS) is 29.2. The molecule has 4 heteroatoms. The molecule has 2 bridgehead atoms. The molecule has 4 nitrogen and oxygen atoms in total. The summed E-state index contributed by atoms with van der Waals surface area (Å²) in [5.41, 5.74) is 0.891. The first-order valence-electron chi connectivity index (χ1n) is 5.94. The molecule has 0 fully saturated rings. The molecule has 0 heterocycles. The fourth-order valence-electron chi connectivity index (χ4n) is 2.57. The summed E-state index contributed by atoms with van der Waals surface area (Å²) < 4.78 is 9.60. The molecule has 0 radical (unpaired) electrons. The third kappa shape index (κ3) is 2.10. The summed E-state index contributed by atoms with van der Waals surface area (Å²) in [4.78, 5) is 23.8. The first-order valence-corrected chi connectivity index (χ1v) is 5.94. The maximum atomic E-state index is 11.9. The fraction of sp³-hybridized carbons (Fsp3) is 0.429. The van der Waals surface area contributed by atoms with Crippen molar-refractivity contribution in [3.05, 3.63) is 35.5 Å². The van der Waals surface area contributed by atoms with Crippen molar-refractivity contribution in [3.63, 3.8) is 0 Å². The molecule has 0 aliphatic heterocycles.